The summed E-state index contributed by atoms with van der Waals surface area (Å²) >= 11 is 0. The maximum absolute atomic E-state index is 4.97. The van der Waals surface area contributed by atoms with Crippen molar-refractivity contribution < 1.29 is 4.42 Å². The van der Waals surface area contributed by atoms with Crippen LogP contribution in [-0.2, 0) is 0 Å². The van der Waals surface area contributed by atoms with Crippen LogP contribution in [0.15, 0.2) is 41.2 Å². The van der Waals surface area contributed by atoms with Crippen LogP contribution in [0.2, 0.25) is 0 Å². The Morgan fingerprint density at radius 1 is 1.25 bits per heavy atom. The molecular weight excluding hydrogens is 150 g/mol. The molecule has 2 rings (SSSR count). The van der Waals surface area contributed by atoms with Crippen molar-refractivity contribution in [2.45, 2.75) is 6.92 Å². The molecule has 12 heavy (non-hydrogen) atoms. The molecule has 2 aromatic rings. The van der Waals surface area contributed by atoms with Crippen LogP contribution in [0, 0.1) is 6.92 Å². The molecule has 0 spiro atoms. The third kappa shape index (κ3) is 1.23. The number of nitrogens with zero attached hydrogens (tertiary/aromatic N) is 1. The molecule has 0 radical (unpaired) electrons. The van der Waals surface area contributed by atoms with Crippen LogP contribution in [0.3, 0.4) is 0 Å². The van der Waals surface area contributed by atoms with Crippen molar-refractivity contribution in [3.8, 4) is 11.3 Å². The summed E-state index contributed by atoms with van der Waals surface area (Å²) in [6, 6.07) is 7.84. The molecule has 2 aromatic heterocycles. The highest BCUT2D eigenvalue weighted by atomic mass is 16.3. The average molecular weight is 159 g/mol. The van der Waals surface area contributed by atoms with Crippen molar-refractivity contribution in [3.63, 3.8) is 0 Å². The van der Waals surface area contributed by atoms with E-state index in [9.17, 15) is 0 Å². The molecule has 0 N–H and O–H groups in total. The maximum atomic E-state index is 4.97. The lowest BCUT2D eigenvalue weighted by Crippen LogP contribution is -1.83. The molecule has 0 aliphatic rings. The summed E-state index contributed by atoms with van der Waals surface area (Å²) in [5.41, 5.74) is 3.01. The van der Waals surface area contributed by atoms with Gasteiger partial charge >= 0.3 is 0 Å². The molecule has 0 aliphatic heterocycles. The second-order valence-electron chi connectivity index (χ2n) is 2.68. The van der Waals surface area contributed by atoms with E-state index in [4.69, 9.17) is 4.42 Å². The van der Waals surface area contributed by atoms with E-state index >= 15 is 0 Å². The molecule has 0 aliphatic carbocycles. The summed E-state index contributed by atoms with van der Waals surface area (Å²) in [4.78, 5) is 4.36. The minimum absolute atomic E-state index is 0.962. The molecule has 0 unspecified atom stereocenters. The maximum Gasteiger partial charge on any atom is 0.0996 e. The fourth-order valence-electron chi connectivity index (χ4n) is 1.11. The summed E-state index contributed by atoms with van der Waals surface area (Å²) in [6.45, 7) is 1.98. The number of pyridine rings is 1. The van der Waals surface area contributed by atoms with Gasteiger partial charge in [0.25, 0.3) is 0 Å². The van der Waals surface area contributed by atoms with Gasteiger partial charge in [0.15, 0.2) is 0 Å². The number of hydrogen-bond acceptors (Lipinski definition) is 2. The summed E-state index contributed by atoms with van der Waals surface area (Å²) in [5.74, 6) is 0. The molecule has 2 heteroatoms. The largest absolute Gasteiger partial charge is 0.472 e. The first-order valence-corrected chi connectivity index (χ1v) is 3.82. The van der Waals surface area contributed by atoms with E-state index in [1.54, 1.807) is 12.5 Å². The van der Waals surface area contributed by atoms with E-state index in [1.165, 1.54) is 0 Å². The zero-order valence-electron chi connectivity index (χ0n) is 6.82. The van der Waals surface area contributed by atoms with Crippen LogP contribution >= 0.6 is 0 Å². The summed E-state index contributed by atoms with van der Waals surface area (Å²) in [6.07, 6.45) is 3.35. The lowest BCUT2D eigenvalue weighted by molar-refractivity contribution is 0.568. The highest BCUT2D eigenvalue weighted by Crippen LogP contribution is 2.16. The van der Waals surface area contributed by atoms with Gasteiger partial charge in [0.2, 0.25) is 0 Å². The minimum atomic E-state index is 0.962. The zero-order valence-corrected chi connectivity index (χ0v) is 6.82. The summed E-state index contributed by atoms with van der Waals surface area (Å²) in [5, 5.41) is 0. The molecule has 0 aromatic carbocycles. The molecule has 0 fully saturated rings. The first-order chi connectivity index (χ1) is 5.86. The minimum Gasteiger partial charge on any atom is -0.472 e. The number of furan rings is 1. The molecule has 0 saturated carbocycles. The Balaban J connectivity index is 2.48. The van der Waals surface area contributed by atoms with Gasteiger partial charge in [-0.2, -0.15) is 0 Å². The lowest BCUT2D eigenvalue weighted by atomic mass is 10.2. The normalized spacial score (nSPS) is 10.1. The fourth-order valence-corrected chi connectivity index (χ4v) is 1.11. The van der Waals surface area contributed by atoms with E-state index in [1.807, 2.05) is 31.2 Å². The number of aromatic nitrogens is 1. The molecule has 2 nitrogen and oxygen atoms in total. The predicted octanol–water partition coefficient (Wildman–Crippen LogP) is 2.65. The van der Waals surface area contributed by atoms with Crippen LogP contribution in [0.5, 0.6) is 0 Å². The van der Waals surface area contributed by atoms with E-state index in [0.717, 1.165) is 17.0 Å². The van der Waals surface area contributed by atoms with Crippen molar-refractivity contribution in [1.82, 2.24) is 4.98 Å². The third-order valence-electron chi connectivity index (χ3n) is 1.71. The molecule has 60 valence electrons. The van der Waals surface area contributed by atoms with Gasteiger partial charge in [-0.3, -0.25) is 4.98 Å². The molecule has 0 amide bonds. The van der Waals surface area contributed by atoms with Crippen molar-refractivity contribution in [2.75, 3.05) is 0 Å². The Labute approximate surface area is 70.9 Å². The summed E-state index contributed by atoms with van der Waals surface area (Å²) in [7, 11) is 0. The van der Waals surface area contributed by atoms with E-state index in [2.05, 4.69) is 4.98 Å². The standard InChI is InChI=1S/C10H9NO/c1-8-3-2-4-10(11-8)9-5-6-12-7-9/h2-7H,1H3. The Kier molecular flexibility index (Phi) is 1.67. The number of rotatable bonds is 1. The van der Waals surface area contributed by atoms with Gasteiger partial charge in [-0.15, -0.1) is 0 Å². The van der Waals surface area contributed by atoms with Crippen LogP contribution < -0.4 is 0 Å². The van der Waals surface area contributed by atoms with E-state index < -0.39 is 0 Å². The van der Waals surface area contributed by atoms with Crippen LogP contribution in [0.1, 0.15) is 5.69 Å². The third-order valence-corrected chi connectivity index (χ3v) is 1.71. The highest BCUT2D eigenvalue weighted by Gasteiger charge is 1.98. The van der Waals surface area contributed by atoms with Crippen LogP contribution in [-0.4, -0.2) is 4.98 Å². The van der Waals surface area contributed by atoms with Gasteiger partial charge < -0.3 is 4.42 Å². The Morgan fingerprint density at radius 3 is 2.83 bits per heavy atom. The van der Waals surface area contributed by atoms with Gasteiger partial charge in [-0.1, -0.05) is 6.07 Å². The lowest BCUT2D eigenvalue weighted by Gasteiger charge is -1.96. The van der Waals surface area contributed by atoms with E-state index in [0.29, 0.717) is 0 Å². The highest BCUT2D eigenvalue weighted by molar-refractivity contribution is 5.56. The van der Waals surface area contributed by atoms with Gasteiger partial charge in [-0.05, 0) is 25.1 Å². The average Bonchev–Trinajstić information content (AvgIpc) is 2.56. The Morgan fingerprint density at radius 2 is 2.17 bits per heavy atom. The molecule has 0 atom stereocenters. The first kappa shape index (κ1) is 7.10. The SMILES string of the molecule is Cc1cccc(-c2ccoc2)n1. The van der Waals surface area contributed by atoms with E-state index in [-0.39, 0.29) is 0 Å². The smallest absolute Gasteiger partial charge is 0.0996 e. The van der Waals surface area contributed by atoms with Crippen LogP contribution in [0.25, 0.3) is 11.3 Å². The van der Waals surface area contributed by atoms with Crippen LogP contribution in [0.4, 0.5) is 0 Å². The van der Waals surface area contributed by atoms with Gasteiger partial charge in [0.05, 0.1) is 18.2 Å². The number of aryl methyl sites for hydroxylation is 1. The van der Waals surface area contributed by atoms with Gasteiger partial charge in [-0.25, -0.2) is 0 Å². The van der Waals surface area contributed by atoms with Crippen molar-refractivity contribution in [2.24, 2.45) is 0 Å². The molecule has 0 saturated heterocycles. The summed E-state index contributed by atoms with van der Waals surface area (Å²) < 4.78 is 4.97. The van der Waals surface area contributed by atoms with Gasteiger partial charge in [0.1, 0.15) is 0 Å². The Bertz CT molecular complexity index is 365. The second-order valence-corrected chi connectivity index (χ2v) is 2.68. The molecule has 0 bridgehead atoms. The van der Waals surface area contributed by atoms with Crippen molar-refractivity contribution in [3.05, 3.63) is 42.5 Å². The second kappa shape index (κ2) is 2.81. The number of hydrogen-bond donors (Lipinski definition) is 0. The fraction of sp³-hybridized carbons (Fsp3) is 0.100. The quantitative estimate of drug-likeness (QED) is 0.639. The van der Waals surface area contributed by atoms with Gasteiger partial charge in [0, 0.05) is 11.3 Å². The predicted molar refractivity (Wildman–Crippen MR) is 46.7 cm³/mol. The van der Waals surface area contributed by atoms with Crippen molar-refractivity contribution >= 4 is 0 Å². The Hall–Kier alpha value is -1.57. The molecular formula is C10H9NO. The monoisotopic (exact) mass is 159 g/mol. The first-order valence-electron chi connectivity index (χ1n) is 3.82. The molecule has 2 heterocycles. The van der Waals surface area contributed by atoms with Crippen molar-refractivity contribution in [1.29, 1.82) is 0 Å². The zero-order chi connectivity index (χ0) is 8.39. The topological polar surface area (TPSA) is 26.0 Å².